The van der Waals surface area contributed by atoms with Crippen molar-refractivity contribution in [2.75, 3.05) is 19.6 Å². The van der Waals surface area contributed by atoms with E-state index in [-0.39, 0.29) is 11.9 Å². The fraction of sp³-hybridized carbons (Fsp3) is 0.423. The second-order valence-electron chi connectivity index (χ2n) is 9.01. The fourth-order valence-electron chi connectivity index (χ4n) is 5.00. The van der Waals surface area contributed by atoms with Crippen LogP contribution in [0.2, 0.25) is 0 Å². The highest BCUT2D eigenvalue weighted by Crippen LogP contribution is 2.34. The number of hydrogen-bond acceptors (Lipinski definition) is 2. The van der Waals surface area contributed by atoms with Crippen LogP contribution < -0.4 is 0 Å². The van der Waals surface area contributed by atoms with Crippen molar-refractivity contribution in [1.82, 2.24) is 9.80 Å². The van der Waals surface area contributed by atoms with Crippen LogP contribution in [0.15, 0.2) is 60.2 Å². The van der Waals surface area contributed by atoms with E-state index < -0.39 is 11.7 Å². The Kier molecular flexibility index (Phi) is 6.70. The summed E-state index contributed by atoms with van der Waals surface area (Å²) < 4.78 is 38.5. The van der Waals surface area contributed by atoms with E-state index in [9.17, 15) is 18.0 Å². The van der Waals surface area contributed by atoms with Gasteiger partial charge in [-0.2, -0.15) is 13.2 Å². The van der Waals surface area contributed by atoms with Gasteiger partial charge in [-0.15, -0.1) is 0 Å². The van der Waals surface area contributed by atoms with Crippen LogP contribution >= 0.6 is 0 Å². The maximum atomic E-state index is 12.8. The van der Waals surface area contributed by atoms with E-state index in [0.717, 1.165) is 50.2 Å². The number of rotatable bonds is 5. The van der Waals surface area contributed by atoms with Gasteiger partial charge in [-0.05, 0) is 48.9 Å². The minimum atomic E-state index is -4.34. The molecule has 2 aliphatic heterocycles. The number of benzene rings is 2. The largest absolute Gasteiger partial charge is 0.416 e. The third-order valence-electron chi connectivity index (χ3n) is 6.55. The normalized spacial score (nSPS) is 22.7. The zero-order valence-corrected chi connectivity index (χ0v) is 18.3. The van der Waals surface area contributed by atoms with Crippen molar-refractivity contribution in [3.05, 3.63) is 76.9 Å². The molecular weight excluding hydrogens is 413 g/mol. The third kappa shape index (κ3) is 5.41. The number of piperidine rings is 2. The van der Waals surface area contributed by atoms with E-state index >= 15 is 0 Å². The lowest BCUT2D eigenvalue weighted by Crippen LogP contribution is -2.55. The Hall–Kier alpha value is -2.60. The number of carbonyl (C=O) groups excluding carboxylic acids is 1. The molecular formula is C26H29F3N2O. The molecule has 170 valence electrons. The van der Waals surface area contributed by atoms with Crippen molar-refractivity contribution in [3.8, 4) is 0 Å². The Balaban J connectivity index is 1.38. The molecule has 2 aromatic rings. The summed E-state index contributed by atoms with van der Waals surface area (Å²) >= 11 is 0. The predicted octanol–water partition coefficient (Wildman–Crippen LogP) is 5.62. The molecule has 0 aliphatic carbocycles. The number of hydrogen-bond donors (Lipinski definition) is 0. The van der Waals surface area contributed by atoms with Crippen molar-refractivity contribution in [3.63, 3.8) is 0 Å². The SMILES string of the molecule is C/C(=C\c1ccccc1)CN1CC[C@@H]2[C@@H](CCC(=O)N2Cc2ccc(C(F)(F)F)cc2)C1. The van der Waals surface area contributed by atoms with Crippen molar-refractivity contribution < 1.29 is 18.0 Å². The minimum Gasteiger partial charge on any atom is -0.335 e. The number of likely N-dealkylation sites (tertiary alicyclic amines) is 2. The van der Waals surface area contributed by atoms with Crippen LogP contribution in [0.3, 0.4) is 0 Å². The standard InChI is InChI=1S/C26H29F3N2O/c1-19(15-20-5-3-2-4-6-20)16-30-14-13-24-22(18-30)9-12-25(32)31(24)17-21-7-10-23(11-8-21)26(27,28)29/h2-8,10-11,15,22,24H,9,12-14,16-18H2,1H3/b19-15+/t22-,24+/m0/s1. The number of halogens is 3. The Morgan fingerprint density at radius 3 is 2.47 bits per heavy atom. The summed E-state index contributed by atoms with van der Waals surface area (Å²) in [5, 5.41) is 0. The third-order valence-corrected chi connectivity index (χ3v) is 6.55. The molecule has 0 spiro atoms. The second-order valence-corrected chi connectivity index (χ2v) is 9.01. The first-order valence-corrected chi connectivity index (χ1v) is 11.2. The molecule has 2 aromatic carbocycles. The minimum absolute atomic E-state index is 0.111. The first-order chi connectivity index (χ1) is 15.3. The molecule has 2 aliphatic rings. The molecule has 0 bridgehead atoms. The number of fused-ring (bicyclic) bond motifs is 1. The molecule has 2 heterocycles. The zero-order valence-electron chi connectivity index (χ0n) is 18.3. The summed E-state index contributed by atoms with van der Waals surface area (Å²) in [6, 6.07) is 15.6. The van der Waals surface area contributed by atoms with E-state index in [1.54, 1.807) is 0 Å². The molecule has 0 aromatic heterocycles. The maximum Gasteiger partial charge on any atom is 0.416 e. The van der Waals surface area contributed by atoms with Crippen molar-refractivity contribution in [1.29, 1.82) is 0 Å². The lowest BCUT2D eigenvalue weighted by Gasteiger charge is -2.47. The topological polar surface area (TPSA) is 23.6 Å². The van der Waals surface area contributed by atoms with Gasteiger partial charge in [-0.25, -0.2) is 0 Å². The van der Waals surface area contributed by atoms with E-state index in [4.69, 9.17) is 0 Å². The average molecular weight is 443 g/mol. The molecule has 4 rings (SSSR count). The van der Waals surface area contributed by atoms with Gasteiger partial charge in [0.2, 0.25) is 5.91 Å². The zero-order chi connectivity index (χ0) is 22.7. The summed E-state index contributed by atoms with van der Waals surface area (Å²) in [6.07, 6.45) is 0.160. The van der Waals surface area contributed by atoms with Crippen molar-refractivity contribution in [2.45, 2.75) is 44.9 Å². The highest BCUT2D eigenvalue weighted by Gasteiger charge is 2.39. The van der Waals surface area contributed by atoms with Gasteiger partial charge in [-0.1, -0.05) is 54.1 Å². The van der Waals surface area contributed by atoms with Gasteiger partial charge < -0.3 is 4.90 Å². The van der Waals surface area contributed by atoms with Crippen LogP contribution in [-0.2, 0) is 17.5 Å². The van der Waals surface area contributed by atoms with E-state index in [0.29, 0.717) is 18.9 Å². The number of amides is 1. The molecule has 0 radical (unpaired) electrons. The Morgan fingerprint density at radius 1 is 1.06 bits per heavy atom. The quantitative estimate of drug-likeness (QED) is 0.600. The first-order valence-electron chi connectivity index (χ1n) is 11.2. The average Bonchev–Trinajstić information content (AvgIpc) is 2.76. The monoisotopic (exact) mass is 442 g/mol. The molecule has 32 heavy (non-hydrogen) atoms. The summed E-state index contributed by atoms with van der Waals surface area (Å²) in [6.45, 7) is 5.30. The summed E-state index contributed by atoms with van der Waals surface area (Å²) in [7, 11) is 0. The number of alkyl halides is 3. The Labute approximate surface area is 187 Å². The van der Waals surface area contributed by atoms with Crippen LogP contribution in [0.1, 0.15) is 42.9 Å². The fourth-order valence-corrected chi connectivity index (χ4v) is 5.00. The van der Waals surface area contributed by atoms with E-state index in [1.807, 2.05) is 23.1 Å². The summed E-state index contributed by atoms with van der Waals surface area (Å²) in [5.74, 6) is 0.514. The van der Waals surface area contributed by atoms with Crippen molar-refractivity contribution in [2.24, 2.45) is 5.92 Å². The lowest BCUT2D eigenvalue weighted by molar-refractivity contribution is -0.142. The molecule has 6 heteroatoms. The van der Waals surface area contributed by atoms with Gasteiger partial charge in [0.1, 0.15) is 0 Å². The van der Waals surface area contributed by atoms with E-state index in [1.165, 1.54) is 23.3 Å². The molecule has 3 nitrogen and oxygen atoms in total. The van der Waals surface area contributed by atoms with Crippen LogP contribution in [0.4, 0.5) is 13.2 Å². The highest BCUT2D eigenvalue weighted by atomic mass is 19.4. The Morgan fingerprint density at radius 2 is 1.78 bits per heavy atom. The molecule has 0 unspecified atom stereocenters. The van der Waals surface area contributed by atoms with Crippen LogP contribution in [-0.4, -0.2) is 41.4 Å². The smallest absolute Gasteiger partial charge is 0.335 e. The van der Waals surface area contributed by atoms with Gasteiger partial charge in [0.15, 0.2) is 0 Å². The molecule has 0 N–H and O–H groups in total. The van der Waals surface area contributed by atoms with Gasteiger partial charge in [0.05, 0.1) is 5.56 Å². The van der Waals surface area contributed by atoms with Gasteiger partial charge >= 0.3 is 6.18 Å². The highest BCUT2D eigenvalue weighted by molar-refractivity contribution is 5.77. The summed E-state index contributed by atoms with van der Waals surface area (Å²) in [5.41, 5.74) is 2.60. The maximum absolute atomic E-state index is 12.8. The first kappa shape index (κ1) is 22.6. The molecule has 2 saturated heterocycles. The van der Waals surface area contributed by atoms with Gasteiger partial charge in [0.25, 0.3) is 0 Å². The summed E-state index contributed by atoms with van der Waals surface area (Å²) in [4.78, 5) is 17.0. The number of carbonyl (C=O) groups is 1. The van der Waals surface area contributed by atoms with Crippen LogP contribution in [0.25, 0.3) is 6.08 Å². The molecule has 2 atom stereocenters. The lowest BCUT2D eigenvalue weighted by atomic mass is 9.83. The number of nitrogens with zero attached hydrogens (tertiary/aromatic N) is 2. The molecule has 2 fully saturated rings. The Bertz CT molecular complexity index is 953. The van der Waals surface area contributed by atoms with Crippen LogP contribution in [0.5, 0.6) is 0 Å². The molecule has 0 saturated carbocycles. The van der Waals surface area contributed by atoms with Gasteiger partial charge in [-0.3, -0.25) is 9.69 Å². The van der Waals surface area contributed by atoms with Gasteiger partial charge in [0, 0.05) is 38.6 Å². The van der Waals surface area contributed by atoms with Crippen LogP contribution in [0, 0.1) is 5.92 Å². The molecule has 1 amide bonds. The second kappa shape index (κ2) is 9.49. The van der Waals surface area contributed by atoms with E-state index in [2.05, 4.69) is 30.0 Å². The van der Waals surface area contributed by atoms with Crippen molar-refractivity contribution >= 4 is 12.0 Å². The predicted molar refractivity (Wildman–Crippen MR) is 120 cm³/mol.